The van der Waals surface area contributed by atoms with Crippen molar-refractivity contribution in [2.75, 3.05) is 37.5 Å². The van der Waals surface area contributed by atoms with Gasteiger partial charge in [0, 0.05) is 24.8 Å². The third-order valence-electron chi connectivity index (χ3n) is 6.61. The summed E-state index contributed by atoms with van der Waals surface area (Å²) in [5.41, 5.74) is 5.16. The van der Waals surface area contributed by atoms with E-state index in [1.807, 2.05) is 42.5 Å². The van der Waals surface area contributed by atoms with Gasteiger partial charge >= 0.3 is 0 Å². The van der Waals surface area contributed by atoms with E-state index in [0.717, 1.165) is 22.3 Å². The number of aryl methyl sites for hydroxylation is 1. The molecule has 0 radical (unpaired) electrons. The molecule has 0 saturated carbocycles. The Kier molecular flexibility index (Phi) is 8.09. The number of carbonyl (C=O) groups is 2. The Bertz CT molecular complexity index is 1470. The number of benzene rings is 3. The number of fused-ring (bicyclic) bond motifs is 1. The van der Waals surface area contributed by atoms with Gasteiger partial charge in [-0.25, -0.2) is 9.07 Å². The van der Waals surface area contributed by atoms with E-state index in [1.54, 1.807) is 23.9 Å². The van der Waals surface area contributed by atoms with E-state index < -0.39 is 0 Å². The Labute approximate surface area is 231 Å². The predicted molar refractivity (Wildman–Crippen MR) is 152 cm³/mol. The van der Waals surface area contributed by atoms with Crippen molar-refractivity contribution in [2.24, 2.45) is 0 Å². The second kappa shape index (κ2) is 11.8. The maximum absolute atomic E-state index is 13.9. The third-order valence-corrected chi connectivity index (χ3v) is 7.85. The second-order valence-electron chi connectivity index (χ2n) is 9.21. The molecule has 0 bridgehead atoms. The highest BCUT2D eigenvalue weighted by Gasteiger charge is 2.38. The molecule has 0 aliphatic carbocycles. The molecule has 1 aliphatic heterocycles. The molecule has 3 aromatic carbocycles. The van der Waals surface area contributed by atoms with Crippen molar-refractivity contribution in [3.05, 3.63) is 101 Å². The van der Waals surface area contributed by atoms with Crippen molar-refractivity contribution in [1.82, 2.24) is 15.1 Å². The van der Waals surface area contributed by atoms with Crippen molar-refractivity contribution in [2.45, 2.75) is 12.2 Å². The average molecular weight is 545 g/mol. The number of anilines is 1. The summed E-state index contributed by atoms with van der Waals surface area (Å²) in [4.78, 5) is 28.2. The minimum absolute atomic E-state index is 0.177. The lowest BCUT2D eigenvalue weighted by Crippen LogP contribution is -2.43. The minimum Gasteiger partial charge on any atom is -0.383 e. The molecule has 1 aromatic heterocycles. The van der Waals surface area contributed by atoms with Crippen LogP contribution in [0.2, 0.25) is 0 Å². The molecule has 0 fully saturated rings. The molecule has 2 heterocycles. The largest absolute Gasteiger partial charge is 0.383 e. The van der Waals surface area contributed by atoms with Crippen LogP contribution in [0.5, 0.6) is 0 Å². The van der Waals surface area contributed by atoms with Crippen LogP contribution in [0.4, 0.5) is 10.2 Å². The lowest BCUT2D eigenvalue weighted by molar-refractivity contribution is -0.123. The molecule has 4 aromatic rings. The SMILES string of the molecule is COCCNC(=O)CN1C(=O)CSC(c2ccccc2C)c2c(-c3ccccc3)nn(-c3ccc(F)cc3)c21. The summed E-state index contributed by atoms with van der Waals surface area (Å²) in [5.74, 6) is -0.206. The van der Waals surface area contributed by atoms with Gasteiger partial charge in [0.2, 0.25) is 11.8 Å². The zero-order valence-corrected chi connectivity index (χ0v) is 22.6. The van der Waals surface area contributed by atoms with Crippen molar-refractivity contribution >= 4 is 29.4 Å². The van der Waals surface area contributed by atoms with Gasteiger partial charge in [0.05, 0.1) is 29.0 Å². The predicted octanol–water partition coefficient (Wildman–Crippen LogP) is 4.92. The number of halogens is 1. The average Bonchev–Trinajstić information content (AvgIpc) is 3.27. The number of hydrogen-bond acceptors (Lipinski definition) is 5. The van der Waals surface area contributed by atoms with Gasteiger partial charge in [-0.2, -0.15) is 5.10 Å². The molecular weight excluding hydrogens is 515 g/mol. The van der Waals surface area contributed by atoms with E-state index >= 15 is 0 Å². The van der Waals surface area contributed by atoms with E-state index in [0.29, 0.717) is 30.4 Å². The van der Waals surface area contributed by atoms with E-state index in [9.17, 15) is 14.0 Å². The summed E-state index contributed by atoms with van der Waals surface area (Å²) in [6.07, 6.45) is 0. The number of nitrogens with zero attached hydrogens (tertiary/aromatic N) is 3. The highest BCUT2D eigenvalue weighted by Crippen LogP contribution is 2.49. The lowest BCUT2D eigenvalue weighted by Gasteiger charge is -2.23. The van der Waals surface area contributed by atoms with Crippen LogP contribution in [0, 0.1) is 12.7 Å². The molecule has 5 rings (SSSR count). The molecule has 1 N–H and O–H groups in total. The van der Waals surface area contributed by atoms with Gasteiger partial charge in [-0.1, -0.05) is 54.6 Å². The van der Waals surface area contributed by atoms with Crippen LogP contribution in [0.1, 0.15) is 21.9 Å². The molecule has 1 unspecified atom stereocenters. The maximum atomic E-state index is 13.9. The fourth-order valence-electron chi connectivity index (χ4n) is 4.71. The van der Waals surface area contributed by atoms with Crippen molar-refractivity contribution in [1.29, 1.82) is 0 Å². The van der Waals surface area contributed by atoms with Gasteiger partial charge in [-0.15, -0.1) is 11.8 Å². The fourth-order valence-corrected chi connectivity index (χ4v) is 6.00. The summed E-state index contributed by atoms with van der Waals surface area (Å²) in [6, 6.07) is 23.8. The number of rotatable bonds is 8. The van der Waals surface area contributed by atoms with Crippen LogP contribution in [0.3, 0.4) is 0 Å². The molecule has 7 nitrogen and oxygen atoms in total. The standard InChI is InChI=1S/C30H29FN4O3S/c1-20-8-6-7-11-24(20)29-27-28(21-9-4-3-5-10-21)33-35(23-14-12-22(31)13-15-23)30(27)34(26(37)19-39-29)18-25(36)32-16-17-38-2/h3-15,29H,16-19H2,1-2H3,(H,32,36). The summed E-state index contributed by atoms with van der Waals surface area (Å²) in [5, 5.41) is 7.60. The molecule has 200 valence electrons. The first-order valence-electron chi connectivity index (χ1n) is 12.7. The van der Waals surface area contributed by atoms with Gasteiger partial charge in [-0.05, 0) is 42.3 Å². The Morgan fingerprint density at radius 1 is 1.08 bits per heavy atom. The number of carbonyl (C=O) groups excluding carboxylic acids is 2. The maximum Gasteiger partial charge on any atom is 0.240 e. The molecule has 2 amide bonds. The molecule has 1 aliphatic rings. The highest BCUT2D eigenvalue weighted by atomic mass is 32.2. The molecular formula is C30H29FN4O3S. The third kappa shape index (κ3) is 5.60. The molecule has 0 spiro atoms. The molecule has 9 heteroatoms. The first-order chi connectivity index (χ1) is 19.0. The monoisotopic (exact) mass is 544 g/mol. The van der Waals surface area contributed by atoms with E-state index in [1.165, 1.54) is 28.8 Å². The zero-order valence-electron chi connectivity index (χ0n) is 21.8. The number of amides is 2. The van der Waals surface area contributed by atoms with Crippen molar-refractivity contribution < 1.29 is 18.7 Å². The van der Waals surface area contributed by atoms with Gasteiger partial charge < -0.3 is 10.1 Å². The first-order valence-corrected chi connectivity index (χ1v) is 13.7. The van der Waals surface area contributed by atoms with Crippen LogP contribution in [-0.2, 0) is 14.3 Å². The van der Waals surface area contributed by atoms with Crippen LogP contribution in [0.25, 0.3) is 16.9 Å². The van der Waals surface area contributed by atoms with Crippen LogP contribution >= 0.6 is 11.8 Å². The Hall–Kier alpha value is -3.95. The molecule has 0 saturated heterocycles. The number of nitrogens with one attached hydrogen (secondary N) is 1. The van der Waals surface area contributed by atoms with E-state index in [-0.39, 0.29) is 35.2 Å². The Morgan fingerprint density at radius 2 is 1.79 bits per heavy atom. The summed E-state index contributed by atoms with van der Waals surface area (Å²) in [7, 11) is 1.56. The van der Waals surface area contributed by atoms with Gasteiger partial charge in [-0.3, -0.25) is 14.5 Å². The minimum atomic E-state index is -0.376. The normalized spacial score (nSPS) is 15.1. The van der Waals surface area contributed by atoms with Crippen molar-refractivity contribution in [3.8, 4) is 16.9 Å². The number of methoxy groups -OCH3 is 1. The van der Waals surface area contributed by atoms with Crippen molar-refractivity contribution in [3.63, 3.8) is 0 Å². The van der Waals surface area contributed by atoms with Crippen LogP contribution < -0.4 is 10.2 Å². The Balaban J connectivity index is 1.76. The number of ether oxygens (including phenoxy) is 1. The smallest absolute Gasteiger partial charge is 0.240 e. The summed E-state index contributed by atoms with van der Waals surface area (Å²) >= 11 is 1.52. The second-order valence-corrected chi connectivity index (χ2v) is 10.3. The van der Waals surface area contributed by atoms with Crippen LogP contribution in [0.15, 0.2) is 78.9 Å². The number of aromatic nitrogens is 2. The Morgan fingerprint density at radius 3 is 2.51 bits per heavy atom. The van der Waals surface area contributed by atoms with Gasteiger partial charge in [0.25, 0.3) is 0 Å². The quantitative estimate of drug-likeness (QED) is 0.319. The highest BCUT2D eigenvalue weighted by molar-refractivity contribution is 8.00. The fraction of sp³-hybridized carbons (Fsp3) is 0.233. The number of hydrogen-bond donors (Lipinski definition) is 1. The van der Waals surface area contributed by atoms with Crippen LogP contribution in [-0.4, -0.2) is 54.2 Å². The van der Waals surface area contributed by atoms with E-state index in [2.05, 4.69) is 24.4 Å². The molecule has 39 heavy (non-hydrogen) atoms. The number of thioether (sulfide) groups is 1. The van der Waals surface area contributed by atoms with E-state index in [4.69, 9.17) is 9.84 Å². The van der Waals surface area contributed by atoms with Gasteiger partial charge in [0.1, 0.15) is 18.2 Å². The van der Waals surface area contributed by atoms with Gasteiger partial charge in [0.15, 0.2) is 0 Å². The summed E-state index contributed by atoms with van der Waals surface area (Å²) in [6.45, 7) is 2.56. The summed E-state index contributed by atoms with van der Waals surface area (Å²) < 4.78 is 20.6. The topological polar surface area (TPSA) is 76.5 Å². The molecule has 1 atom stereocenters. The zero-order chi connectivity index (χ0) is 27.4. The first kappa shape index (κ1) is 26.6. The lowest BCUT2D eigenvalue weighted by atomic mass is 9.97.